The van der Waals surface area contributed by atoms with Crippen LogP contribution in [0.3, 0.4) is 0 Å². The average molecular weight is 267 g/mol. The first-order valence-electron chi connectivity index (χ1n) is 6.65. The molecule has 0 radical (unpaired) electrons. The molecule has 1 heterocycles. The third-order valence-electron chi connectivity index (χ3n) is 3.28. The lowest BCUT2D eigenvalue weighted by molar-refractivity contribution is 0.191. The molecule has 2 aromatic carbocycles. The molecule has 0 spiro atoms. The molecule has 0 aliphatic rings. The van der Waals surface area contributed by atoms with Crippen LogP contribution in [0.15, 0.2) is 48.5 Å². The number of benzene rings is 2. The van der Waals surface area contributed by atoms with Crippen molar-refractivity contribution in [3.05, 3.63) is 59.7 Å². The van der Waals surface area contributed by atoms with E-state index in [1.54, 1.807) is 0 Å². The lowest BCUT2D eigenvalue weighted by Gasteiger charge is -2.12. The number of aromatic nitrogens is 2. The molecule has 4 heteroatoms. The summed E-state index contributed by atoms with van der Waals surface area (Å²) in [6.07, 6.45) is -0.553. The highest BCUT2D eigenvalue weighted by atomic mass is 16.3. The Morgan fingerprint density at radius 2 is 2.05 bits per heavy atom. The van der Waals surface area contributed by atoms with E-state index in [1.807, 2.05) is 55.5 Å². The molecule has 3 N–H and O–H groups in total. The van der Waals surface area contributed by atoms with Crippen LogP contribution in [0.2, 0.25) is 0 Å². The second kappa shape index (κ2) is 5.35. The van der Waals surface area contributed by atoms with Gasteiger partial charge in [0.1, 0.15) is 0 Å². The Kier molecular flexibility index (Phi) is 3.39. The molecule has 0 saturated heterocycles. The number of nitrogens with one attached hydrogen (secondary N) is 2. The van der Waals surface area contributed by atoms with Gasteiger partial charge in [0.05, 0.1) is 17.1 Å². The highest BCUT2D eigenvalue weighted by Gasteiger charge is 2.08. The number of fused-ring (bicyclic) bond motifs is 1. The third kappa shape index (κ3) is 2.65. The highest BCUT2D eigenvalue weighted by molar-refractivity contribution is 5.77. The lowest BCUT2D eigenvalue weighted by Crippen LogP contribution is -2.13. The van der Waals surface area contributed by atoms with E-state index < -0.39 is 6.10 Å². The maximum absolute atomic E-state index is 10.2. The molecule has 102 valence electrons. The van der Waals surface area contributed by atoms with Crippen LogP contribution in [-0.2, 0) is 0 Å². The van der Waals surface area contributed by atoms with Crippen LogP contribution in [0.25, 0.3) is 11.0 Å². The van der Waals surface area contributed by atoms with Gasteiger partial charge < -0.3 is 15.4 Å². The Morgan fingerprint density at radius 1 is 1.20 bits per heavy atom. The quantitative estimate of drug-likeness (QED) is 0.681. The number of aliphatic hydroxyl groups excluding tert-OH is 1. The number of H-pyrrole nitrogens is 1. The van der Waals surface area contributed by atoms with Crippen LogP contribution in [0, 0.1) is 6.92 Å². The average Bonchev–Trinajstić information content (AvgIpc) is 2.87. The topological polar surface area (TPSA) is 60.9 Å². The molecule has 4 nitrogen and oxygen atoms in total. The van der Waals surface area contributed by atoms with Crippen LogP contribution in [0.4, 0.5) is 5.95 Å². The smallest absolute Gasteiger partial charge is 0.201 e. The van der Waals surface area contributed by atoms with Crippen molar-refractivity contribution < 1.29 is 5.11 Å². The van der Waals surface area contributed by atoms with Crippen LogP contribution >= 0.6 is 0 Å². The van der Waals surface area contributed by atoms with Crippen molar-refractivity contribution >= 4 is 17.0 Å². The van der Waals surface area contributed by atoms with Crippen molar-refractivity contribution in [2.24, 2.45) is 0 Å². The number of aryl methyl sites for hydroxylation is 1. The first kappa shape index (κ1) is 12.7. The molecule has 3 rings (SSSR count). The molecular formula is C16H17N3O. The summed E-state index contributed by atoms with van der Waals surface area (Å²) in [6.45, 7) is 2.44. The predicted molar refractivity (Wildman–Crippen MR) is 80.7 cm³/mol. The summed E-state index contributed by atoms with van der Waals surface area (Å²) in [6, 6.07) is 15.7. The molecule has 3 aromatic rings. The first-order valence-corrected chi connectivity index (χ1v) is 6.65. The van der Waals surface area contributed by atoms with Crippen molar-refractivity contribution in [3.8, 4) is 0 Å². The zero-order valence-corrected chi connectivity index (χ0v) is 11.3. The zero-order valence-electron chi connectivity index (χ0n) is 11.3. The first-order chi connectivity index (χ1) is 9.72. The fraction of sp³-hybridized carbons (Fsp3) is 0.188. The van der Waals surface area contributed by atoms with E-state index in [1.165, 1.54) is 0 Å². The largest absolute Gasteiger partial charge is 0.387 e. The molecule has 1 unspecified atom stereocenters. The van der Waals surface area contributed by atoms with Crippen LogP contribution in [-0.4, -0.2) is 21.6 Å². The Balaban J connectivity index is 1.69. The summed E-state index contributed by atoms with van der Waals surface area (Å²) in [4.78, 5) is 7.60. The van der Waals surface area contributed by atoms with E-state index in [2.05, 4.69) is 15.3 Å². The van der Waals surface area contributed by atoms with E-state index in [-0.39, 0.29) is 0 Å². The molecule has 1 aromatic heterocycles. The molecule has 0 amide bonds. The van der Waals surface area contributed by atoms with Crippen LogP contribution in [0.1, 0.15) is 17.2 Å². The standard InChI is InChI=1S/C16H17N3O/c1-11-5-4-6-12(9-11)15(20)10-17-16-18-13-7-2-3-8-14(13)19-16/h2-9,15,20H,10H2,1H3,(H2,17,18,19). The van der Waals surface area contributed by atoms with Gasteiger partial charge in [0.15, 0.2) is 0 Å². The summed E-state index contributed by atoms with van der Waals surface area (Å²) in [5.41, 5.74) is 3.96. The van der Waals surface area contributed by atoms with Crippen molar-refractivity contribution in [3.63, 3.8) is 0 Å². The Labute approximate surface area is 117 Å². The monoisotopic (exact) mass is 267 g/mol. The number of hydrogen-bond donors (Lipinski definition) is 3. The van der Waals surface area contributed by atoms with Crippen molar-refractivity contribution in [2.75, 3.05) is 11.9 Å². The molecule has 0 saturated carbocycles. The minimum atomic E-state index is -0.553. The van der Waals surface area contributed by atoms with E-state index in [0.717, 1.165) is 22.2 Å². The molecule has 20 heavy (non-hydrogen) atoms. The number of nitrogens with zero attached hydrogens (tertiary/aromatic N) is 1. The van der Waals surface area contributed by atoms with Gasteiger partial charge in [-0.15, -0.1) is 0 Å². The number of imidazole rings is 1. The molecular weight excluding hydrogens is 250 g/mol. The second-order valence-electron chi connectivity index (χ2n) is 4.91. The van der Waals surface area contributed by atoms with Gasteiger partial charge in [-0.05, 0) is 24.6 Å². The second-order valence-corrected chi connectivity index (χ2v) is 4.91. The Morgan fingerprint density at radius 3 is 2.85 bits per heavy atom. The third-order valence-corrected chi connectivity index (χ3v) is 3.28. The van der Waals surface area contributed by atoms with Gasteiger partial charge in [-0.2, -0.15) is 0 Å². The SMILES string of the molecule is Cc1cccc(C(O)CNc2nc3ccccc3[nH]2)c1. The number of rotatable bonds is 4. The number of para-hydroxylation sites is 2. The molecule has 1 atom stereocenters. The number of aliphatic hydroxyl groups is 1. The lowest BCUT2D eigenvalue weighted by atomic mass is 10.1. The van der Waals surface area contributed by atoms with Gasteiger partial charge in [0, 0.05) is 6.54 Å². The summed E-state index contributed by atoms with van der Waals surface area (Å²) in [5.74, 6) is 0.679. The van der Waals surface area contributed by atoms with Crippen LogP contribution in [0.5, 0.6) is 0 Å². The maximum Gasteiger partial charge on any atom is 0.201 e. The number of aromatic amines is 1. The van der Waals surface area contributed by atoms with Gasteiger partial charge in [0.2, 0.25) is 5.95 Å². The van der Waals surface area contributed by atoms with Gasteiger partial charge in [-0.1, -0.05) is 42.0 Å². The van der Waals surface area contributed by atoms with Gasteiger partial charge in [0.25, 0.3) is 0 Å². The molecule has 0 fully saturated rings. The number of hydrogen-bond acceptors (Lipinski definition) is 3. The zero-order chi connectivity index (χ0) is 13.9. The normalized spacial score (nSPS) is 12.5. The molecule has 0 bridgehead atoms. The summed E-state index contributed by atoms with van der Waals surface area (Å²) < 4.78 is 0. The van der Waals surface area contributed by atoms with E-state index >= 15 is 0 Å². The predicted octanol–water partition coefficient (Wildman–Crippen LogP) is 3.02. The summed E-state index contributed by atoms with van der Waals surface area (Å²) >= 11 is 0. The van der Waals surface area contributed by atoms with Gasteiger partial charge >= 0.3 is 0 Å². The fourth-order valence-electron chi connectivity index (χ4n) is 2.23. The Bertz CT molecular complexity index is 687. The Hall–Kier alpha value is -2.33. The van der Waals surface area contributed by atoms with E-state index in [9.17, 15) is 5.11 Å². The van der Waals surface area contributed by atoms with Gasteiger partial charge in [-0.3, -0.25) is 0 Å². The summed E-state index contributed by atoms with van der Waals surface area (Å²) in [7, 11) is 0. The highest BCUT2D eigenvalue weighted by Crippen LogP contribution is 2.17. The van der Waals surface area contributed by atoms with E-state index in [4.69, 9.17) is 0 Å². The number of anilines is 1. The maximum atomic E-state index is 10.2. The summed E-state index contributed by atoms with van der Waals surface area (Å²) in [5, 5.41) is 13.3. The van der Waals surface area contributed by atoms with E-state index in [0.29, 0.717) is 12.5 Å². The van der Waals surface area contributed by atoms with Crippen molar-refractivity contribution in [1.82, 2.24) is 9.97 Å². The van der Waals surface area contributed by atoms with Crippen LogP contribution < -0.4 is 5.32 Å². The van der Waals surface area contributed by atoms with Crippen molar-refractivity contribution in [1.29, 1.82) is 0 Å². The minimum Gasteiger partial charge on any atom is -0.387 e. The molecule has 0 aliphatic heterocycles. The fourth-order valence-corrected chi connectivity index (χ4v) is 2.23. The van der Waals surface area contributed by atoms with Crippen molar-refractivity contribution in [2.45, 2.75) is 13.0 Å². The van der Waals surface area contributed by atoms with Gasteiger partial charge in [-0.25, -0.2) is 4.98 Å². The molecule has 0 aliphatic carbocycles. The minimum absolute atomic E-state index is 0.420.